The van der Waals surface area contributed by atoms with Gasteiger partial charge in [-0.15, -0.1) is 13.2 Å². The number of aryl methyl sites for hydroxylation is 1. The van der Waals surface area contributed by atoms with Crippen LogP contribution in [-0.2, 0) is 0 Å². The Hall–Kier alpha value is -3.22. The van der Waals surface area contributed by atoms with Gasteiger partial charge in [-0.05, 0) is 75.1 Å². The molecule has 0 aliphatic heterocycles. The lowest BCUT2D eigenvalue weighted by molar-refractivity contribution is -0.274. The van der Waals surface area contributed by atoms with Gasteiger partial charge in [0, 0.05) is 17.3 Å². The molecule has 3 aromatic rings. The highest BCUT2D eigenvalue weighted by molar-refractivity contribution is 6.01. The zero-order valence-corrected chi connectivity index (χ0v) is 19.3. The Bertz CT molecular complexity index is 1120. The summed E-state index contributed by atoms with van der Waals surface area (Å²) < 4.78 is 42.9. The van der Waals surface area contributed by atoms with Gasteiger partial charge in [0.25, 0.3) is 5.91 Å². The summed E-state index contributed by atoms with van der Waals surface area (Å²) in [6.07, 6.45) is -0.644. The highest BCUT2D eigenvalue weighted by atomic mass is 19.4. The Balaban J connectivity index is 1.46. The van der Waals surface area contributed by atoms with Gasteiger partial charge in [0.1, 0.15) is 5.75 Å². The van der Waals surface area contributed by atoms with Crippen LogP contribution >= 0.6 is 0 Å². The van der Waals surface area contributed by atoms with Crippen LogP contribution in [0.4, 0.5) is 13.2 Å². The van der Waals surface area contributed by atoms with E-state index in [1.54, 1.807) is 19.1 Å². The van der Waals surface area contributed by atoms with Gasteiger partial charge in [0.15, 0.2) is 0 Å². The molecular weight excluding hydrogens is 441 g/mol. The molecule has 34 heavy (non-hydrogen) atoms. The second kappa shape index (κ2) is 9.95. The predicted molar refractivity (Wildman–Crippen MR) is 126 cm³/mol. The molecule has 1 aliphatic rings. The maximum absolute atomic E-state index is 13.2. The molecule has 0 bridgehead atoms. The minimum Gasteiger partial charge on any atom is -0.405 e. The lowest BCUT2D eigenvalue weighted by atomic mass is 9.76. The highest BCUT2D eigenvalue weighted by Crippen LogP contribution is 2.38. The number of nitrogens with one attached hydrogen (secondary N) is 2. The van der Waals surface area contributed by atoms with Crippen LogP contribution in [-0.4, -0.2) is 23.3 Å². The number of ether oxygens (including phenoxy) is 1. The van der Waals surface area contributed by atoms with Crippen molar-refractivity contribution in [1.29, 1.82) is 0 Å². The third-order valence-corrected chi connectivity index (χ3v) is 6.69. The van der Waals surface area contributed by atoms with Crippen molar-refractivity contribution < 1.29 is 22.7 Å². The predicted octanol–water partition coefficient (Wildman–Crippen LogP) is 6.98. The van der Waals surface area contributed by atoms with Crippen LogP contribution in [0.1, 0.15) is 60.1 Å². The number of hydrogen-bond donors (Lipinski definition) is 2. The van der Waals surface area contributed by atoms with Crippen molar-refractivity contribution in [2.45, 2.75) is 57.9 Å². The van der Waals surface area contributed by atoms with Gasteiger partial charge in [-0.3, -0.25) is 4.79 Å². The molecule has 1 aromatic heterocycles. The molecular formula is C27H29F3N2O2. The van der Waals surface area contributed by atoms with Gasteiger partial charge in [0.2, 0.25) is 0 Å². The summed E-state index contributed by atoms with van der Waals surface area (Å²) in [7, 11) is 0. The molecule has 1 heterocycles. The third-order valence-electron chi connectivity index (χ3n) is 6.69. The van der Waals surface area contributed by atoms with Crippen molar-refractivity contribution >= 4 is 5.91 Å². The highest BCUT2D eigenvalue weighted by Gasteiger charge is 2.33. The summed E-state index contributed by atoms with van der Waals surface area (Å²) in [5.41, 5.74) is 2.85. The molecule has 7 heteroatoms. The zero-order chi connectivity index (χ0) is 24.3. The molecule has 1 amide bonds. The minimum absolute atomic E-state index is 0.0473. The Kier molecular flexibility index (Phi) is 7.00. The first-order valence-corrected chi connectivity index (χ1v) is 11.6. The molecule has 0 unspecified atom stereocenters. The second-order valence-corrected chi connectivity index (χ2v) is 9.07. The number of para-hydroxylation sites is 1. The largest absolute Gasteiger partial charge is 0.573 e. The topological polar surface area (TPSA) is 54.1 Å². The van der Waals surface area contributed by atoms with Gasteiger partial charge in [0.05, 0.1) is 11.3 Å². The van der Waals surface area contributed by atoms with E-state index < -0.39 is 6.36 Å². The first-order chi connectivity index (χ1) is 16.2. The smallest absolute Gasteiger partial charge is 0.405 e. The molecule has 1 fully saturated rings. The fraction of sp³-hybridized carbons (Fsp3) is 0.370. The van der Waals surface area contributed by atoms with Crippen molar-refractivity contribution in [2.75, 3.05) is 0 Å². The van der Waals surface area contributed by atoms with E-state index in [0.29, 0.717) is 28.8 Å². The normalized spacial score (nSPS) is 19.4. The Morgan fingerprint density at radius 3 is 2.35 bits per heavy atom. The van der Waals surface area contributed by atoms with Crippen LogP contribution in [0, 0.1) is 12.8 Å². The van der Waals surface area contributed by atoms with E-state index in [1.807, 2.05) is 13.0 Å². The fourth-order valence-corrected chi connectivity index (χ4v) is 4.95. The molecule has 2 aromatic carbocycles. The van der Waals surface area contributed by atoms with Gasteiger partial charge in [-0.2, -0.15) is 0 Å². The third kappa shape index (κ3) is 5.64. The molecule has 1 saturated carbocycles. The van der Waals surface area contributed by atoms with E-state index in [0.717, 1.165) is 25.7 Å². The number of benzene rings is 2. The first-order valence-electron chi connectivity index (χ1n) is 11.6. The SMILES string of the molecule is Cc1cc(C(=O)N[C@H](C)C2CCC(c3ccccc3)CC2)c(-c2ccccc2OC(F)(F)F)[nH]1. The first kappa shape index (κ1) is 23.9. The van der Waals surface area contributed by atoms with Crippen molar-refractivity contribution in [3.8, 4) is 17.0 Å². The number of rotatable bonds is 6. The lowest BCUT2D eigenvalue weighted by Crippen LogP contribution is -2.39. The molecule has 1 atom stereocenters. The van der Waals surface area contributed by atoms with E-state index in [2.05, 4.69) is 39.3 Å². The molecule has 4 rings (SSSR count). The standard InChI is InChI=1S/C27H29F3N2O2/c1-17-16-23(25(31-17)22-10-6-7-11-24(22)34-27(28,29)30)26(33)32-18(2)19-12-14-21(15-13-19)20-8-4-3-5-9-20/h3-11,16,18-19,21,31H,12-15H2,1-2H3,(H,32,33)/t18-,19?,21?/m1/s1. The molecule has 4 nitrogen and oxygen atoms in total. The summed E-state index contributed by atoms with van der Waals surface area (Å²) in [4.78, 5) is 16.2. The Morgan fingerprint density at radius 2 is 1.68 bits per heavy atom. The number of amides is 1. The molecule has 2 N–H and O–H groups in total. The monoisotopic (exact) mass is 470 g/mol. The van der Waals surface area contributed by atoms with E-state index in [9.17, 15) is 18.0 Å². The van der Waals surface area contributed by atoms with Crippen LogP contribution < -0.4 is 10.1 Å². The zero-order valence-electron chi connectivity index (χ0n) is 19.3. The molecule has 0 spiro atoms. The van der Waals surface area contributed by atoms with E-state index >= 15 is 0 Å². The number of carbonyl (C=O) groups is 1. The Morgan fingerprint density at radius 1 is 1.03 bits per heavy atom. The maximum Gasteiger partial charge on any atom is 0.573 e. The van der Waals surface area contributed by atoms with E-state index in [4.69, 9.17) is 0 Å². The summed E-state index contributed by atoms with van der Waals surface area (Å²) >= 11 is 0. The quantitative estimate of drug-likeness (QED) is 0.408. The number of H-pyrrole nitrogens is 1. The number of carbonyl (C=O) groups excluding carboxylic acids is 1. The number of halogens is 3. The van der Waals surface area contributed by atoms with Crippen molar-refractivity contribution in [3.05, 3.63) is 77.5 Å². The van der Waals surface area contributed by atoms with Gasteiger partial charge < -0.3 is 15.0 Å². The van der Waals surface area contributed by atoms with Crippen molar-refractivity contribution in [1.82, 2.24) is 10.3 Å². The molecule has 180 valence electrons. The average molecular weight is 471 g/mol. The van der Waals surface area contributed by atoms with Crippen LogP contribution in [0.3, 0.4) is 0 Å². The summed E-state index contributed by atoms with van der Waals surface area (Å²) in [5.74, 6) is 0.245. The molecule has 0 saturated heterocycles. The summed E-state index contributed by atoms with van der Waals surface area (Å²) in [6.45, 7) is 3.77. The van der Waals surface area contributed by atoms with Crippen LogP contribution in [0.15, 0.2) is 60.7 Å². The van der Waals surface area contributed by atoms with Crippen LogP contribution in [0.25, 0.3) is 11.3 Å². The van der Waals surface area contributed by atoms with Crippen LogP contribution in [0.2, 0.25) is 0 Å². The van der Waals surface area contributed by atoms with Crippen LogP contribution in [0.5, 0.6) is 5.75 Å². The second-order valence-electron chi connectivity index (χ2n) is 9.07. The molecule has 0 radical (unpaired) electrons. The lowest BCUT2D eigenvalue weighted by Gasteiger charge is -2.33. The fourth-order valence-electron chi connectivity index (χ4n) is 4.95. The van der Waals surface area contributed by atoms with Crippen molar-refractivity contribution in [3.63, 3.8) is 0 Å². The van der Waals surface area contributed by atoms with E-state index in [1.165, 1.54) is 23.8 Å². The summed E-state index contributed by atoms with van der Waals surface area (Å²) in [5, 5.41) is 3.09. The average Bonchev–Trinajstić information content (AvgIpc) is 3.20. The molecule has 1 aliphatic carbocycles. The number of aromatic nitrogens is 1. The number of hydrogen-bond acceptors (Lipinski definition) is 2. The van der Waals surface area contributed by atoms with Gasteiger partial charge >= 0.3 is 6.36 Å². The number of alkyl halides is 3. The number of aromatic amines is 1. The Labute approximate surface area is 197 Å². The van der Waals surface area contributed by atoms with Gasteiger partial charge in [-0.1, -0.05) is 42.5 Å². The van der Waals surface area contributed by atoms with Gasteiger partial charge in [-0.25, -0.2) is 0 Å². The maximum atomic E-state index is 13.2. The summed E-state index contributed by atoms with van der Waals surface area (Å²) in [6, 6.07) is 18.0. The van der Waals surface area contributed by atoms with E-state index in [-0.39, 0.29) is 23.3 Å². The minimum atomic E-state index is -4.83. The van der Waals surface area contributed by atoms with Crippen molar-refractivity contribution in [2.24, 2.45) is 5.92 Å².